The number of aromatic nitrogens is 2. The average Bonchev–Trinajstić information content (AvgIpc) is 3.15. The summed E-state index contributed by atoms with van der Waals surface area (Å²) in [6, 6.07) is 11.6. The van der Waals surface area contributed by atoms with Crippen molar-refractivity contribution in [3.8, 4) is 17.1 Å². The number of aromatic amines is 1. The lowest BCUT2D eigenvalue weighted by Gasteiger charge is -2.24. The number of methoxy groups -OCH3 is 1. The Hall–Kier alpha value is -3.22. The zero-order valence-corrected chi connectivity index (χ0v) is 17.4. The van der Waals surface area contributed by atoms with Gasteiger partial charge < -0.3 is 19.4 Å². The van der Waals surface area contributed by atoms with Crippen LogP contribution in [0.1, 0.15) is 27.2 Å². The summed E-state index contributed by atoms with van der Waals surface area (Å²) in [6.45, 7) is 8.14. The second-order valence-corrected chi connectivity index (χ2v) is 6.61. The van der Waals surface area contributed by atoms with Crippen molar-refractivity contribution in [2.24, 2.45) is 0 Å². The molecule has 0 radical (unpaired) electrons. The summed E-state index contributed by atoms with van der Waals surface area (Å²) in [7, 11) is 1.64. The lowest BCUT2D eigenvalue weighted by molar-refractivity contribution is 0.161. The number of ether oxygens (including phenoxy) is 2. The number of benzene rings is 2. The minimum Gasteiger partial charge on any atom is -0.496 e. The first-order valence-corrected chi connectivity index (χ1v) is 9.97. The summed E-state index contributed by atoms with van der Waals surface area (Å²) >= 11 is 0. The second kappa shape index (κ2) is 9.32. The summed E-state index contributed by atoms with van der Waals surface area (Å²) in [4.78, 5) is 22.5. The van der Waals surface area contributed by atoms with Crippen molar-refractivity contribution in [1.29, 1.82) is 0 Å². The third-order valence-corrected chi connectivity index (χ3v) is 4.74. The van der Waals surface area contributed by atoms with Crippen molar-refractivity contribution in [1.82, 2.24) is 9.97 Å². The predicted octanol–water partition coefficient (Wildman–Crippen LogP) is 5.04. The molecule has 1 aromatic heterocycles. The van der Waals surface area contributed by atoms with E-state index >= 15 is 0 Å². The molecule has 0 saturated heterocycles. The van der Waals surface area contributed by atoms with Crippen molar-refractivity contribution in [3.63, 3.8) is 0 Å². The summed E-state index contributed by atoms with van der Waals surface area (Å²) in [6.07, 6.45) is 0.317. The van der Waals surface area contributed by atoms with E-state index in [9.17, 15) is 4.79 Å². The number of anilines is 2. The first kappa shape index (κ1) is 20.5. The van der Waals surface area contributed by atoms with Gasteiger partial charge in [0.15, 0.2) is 0 Å². The van der Waals surface area contributed by atoms with Crippen molar-refractivity contribution >= 4 is 28.5 Å². The molecule has 0 aliphatic carbocycles. The van der Waals surface area contributed by atoms with Gasteiger partial charge in [-0.2, -0.15) is 0 Å². The van der Waals surface area contributed by atoms with E-state index in [0.717, 1.165) is 47.5 Å². The van der Waals surface area contributed by atoms with Crippen molar-refractivity contribution in [3.05, 3.63) is 36.4 Å². The van der Waals surface area contributed by atoms with Crippen LogP contribution in [0.15, 0.2) is 36.4 Å². The average molecular weight is 396 g/mol. The number of H-pyrrole nitrogens is 1. The quantitative estimate of drug-likeness (QED) is 0.557. The molecule has 1 heterocycles. The molecule has 2 N–H and O–H groups in total. The van der Waals surface area contributed by atoms with Gasteiger partial charge in [0.05, 0.1) is 41.7 Å². The first-order valence-electron chi connectivity index (χ1n) is 9.97. The van der Waals surface area contributed by atoms with Gasteiger partial charge >= 0.3 is 6.09 Å². The molecule has 0 spiro atoms. The van der Waals surface area contributed by atoms with E-state index in [1.165, 1.54) is 0 Å². The van der Waals surface area contributed by atoms with Gasteiger partial charge in [0.2, 0.25) is 0 Å². The number of amides is 1. The van der Waals surface area contributed by atoms with Crippen LogP contribution in [-0.4, -0.2) is 42.9 Å². The molecular formula is C22H28N4O3. The van der Waals surface area contributed by atoms with E-state index in [1.807, 2.05) is 43.3 Å². The molecule has 0 aliphatic heterocycles. The molecule has 0 unspecified atom stereocenters. The molecule has 0 aliphatic rings. The number of para-hydroxylation sites is 1. The number of imidazole rings is 1. The van der Waals surface area contributed by atoms with Crippen molar-refractivity contribution < 1.29 is 14.3 Å². The summed E-state index contributed by atoms with van der Waals surface area (Å²) in [5.74, 6) is 1.46. The molecule has 7 heteroatoms. The molecule has 3 rings (SSSR count). The van der Waals surface area contributed by atoms with E-state index in [-0.39, 0.29) is 0 Å². The fourth-order valence-corrected chi connectivity index (χ4v) is 3.28. The van der Waals surface area contributed by atoms with Gasteiger partial charge in [-0.15, -0.1) is 0 Å². The van der Waals surface area contributed by atoms with E-state index in [4.69, 9.17) is 14.5 Å². The minimum absolute atomic E-state index is 0.384. The van der Waals surface area contributed by atoms with Gasteiger partial charge in [-0.05, 0) is 44.5 Å². The largest absolute Gasteiger partial charge is 0.496 e. The van der Waals surface area contributed by atoms with Gasteiger partial charge in [-0.1, -0.05) is 19.1 Å². The molecule has 2 aromatic carbocycles. The maximum absolute atomic E-state index is 12.2. The van der Waals surface area contributed by atoms with Gasteiger partial charge in [-0.3, -0.25) is 5.32 Å². The number of carbonyl (C=O) groups excluding carboxylic acids is 1. The third-order valence-electron chi connectivity index (χ3n) is 4.74. The number of carbonyl (C=O) groups is 1. The number of fused-ring (bicyclic) bond motifs is 1. The molecule has 29 heavy (non-hydrogen) atoms. The van der Waals surface area contributed by atoms with Crippen LogP contribution in [0.3, 0.4) is 0 Å². The van der Waals surface area contributed by atoms with E-state index in [2.05, 4.69) is 29.0 Å². The Bertz CT molecular complexity index is 979. The molecule has 0 atom stereocenters. The summed E-state index contributed by atoms with van der Waals surface area (Å²) < 4.78 is 10.7. The number of hydrogen-bond donors (Lipinski definition) is 2. The first-order chi connectivity index (χ1) is 14.1. The van der Waals surface area contributed by atoms with Crippen LogP contribution in [0.25, 0.3) is 22.4 Å². The number of hydrogen-bond acceptors (Lipinski definition) is 5. The lowest BCUT2D eigenvalue weighted by Crippen LogP contribution is -2.24. The Balaban J connectivity index is 2.06. The predicted molar refractivity (Wildman–Crippen MR) is 117 cm³/mol. The number of nitrogens with one attached hydrogen (secondary N) is 2. The van der Waals surface area contributed by atoms with Crippen LogP contribution in [-0.2, 0) is 4.74 Å². The molecule has 7 nitrogen and oxygen atoms in total. The summed E-state index contributed by atoms with van der Waals surface area (Å²) in [5.41, 5.74) is 4.13. The van der Waals surface area contributed by atoms with E-state index in [1.54, 1.807) is 7.11 Å². The molecule has 154 valence electrons. The van der Waals surface area contributed by atoms with Crippen molar-refractivity contribution in [2.45, 2.75) is 27.2 Å². The zero-order chi connectivity index (χ0) is 20.8. The Labute approximate surface area is 171 Å². The summed E-state index contributed by atoms with van der Waals surface area (Å²) in [5, 5.41) is 2.88. The van der Waals surface area contributed by atoms with Crippen LogP contribution in [0.4, 0.5) is 16.2 Å². The van der Waals surface area contributed by atoms with Gasteiger partial charge in [0.1, 0.15) is 11.6 Å². The smallest absolute Gasteiger partial charge is 0.411 e. The maximum atomic E-state index is 12.2. The third kappa shape index (κ3) is 4.45. The van der Waals surface area contributed by atoms with E-state index < -0.39 is 6.09 Å². The van der Waals surface area contributed by atoms with Crippen LogP contribution < -0.4 is 15.0 Å². The SMILES string of the molecule is CCCOC(=O)Nc1cc2nc(-c3ccccc3OC)[nH]c2cc1N(CC)CC. The highest BCUT2D eigenvalue weighted by Crippen LogP contribution is 2.34. The second-order valence-electron chi connectivity index (χ2n) is 6.61. The zero-order valence-electron chi connectivity index (χ0n) is 17.4. The highest BCUT2D eigenvalue weighted by atomic mass is 16.5. The molecule has 0 saturated carbocycles. The standard InChI is InChI=1S/C22H28N4O3/c1-5-12-29-22(27)25-18-13-16-17(14-19(18)26(6-2)7-3)24-21(23-16)15-10-8-9-11-20(15)28-4/h8-11,13-14H,5-7,12H2,1-4H3,(H,23,24)(H,25,27). The Morgan fingerprint density at radius 1 is 1.17 bits per heavy atom. The highest BCUT2D eigenvalue weighted by molar-refractivity contribution is 5.96. The molecular weight excluding hydrogens is 368 g/mol. The number of rotatable bonds is 8. The molecule has 0 bridgehead atoms. The van der Waals surface area contributed by atoms with E-state index in [0.29, 0.717) is 18.1 Å². The fraction of sp³-hybridized carbons (Fsp3) is 0.364. The van der Waals surface area contributed by atoms with Crippen molar-refractivity contribution in [2.75, 3.05) is 37.0 Å². The van der Waals surface area contributed by atoms with Gasteiger partial charge in [0.25, 0.3) is 0 Å². The van der Waals surface area contributed by atoms with Crippen LogP contribution in [0.5, 0.6) is 5.75 Å². The fourth-order valence-electron chi connectivity index (χ4n) is 3.28. The van der Waals surface area contributed by atoms with Gasteiger partial charge in [0, 0.05) is 13.1 Å². The van der Waals surface area contributed by atoms with Crippen LogP contribution in [0, 0.1) is 0 Å². The number of nitrogens with zero attached hydrogens (tertiary/aromatic N) is 2. The minimum atomic E-state index is -0.458. The lowest BCUT2D eigenvalue weighted by atomic mass is 10.2. The Morgan fingerprint density at radius 2 is 1.93 bits per heavy atom. The molecule has 0 fully saturated rings. The normalized spacial score (nSPS) is 10.8. The van der Waals surface area contributed by atoms with Crippen LogP contribution in [0.2, 0.25) is 0 Å². The molecule has 3 aromatic rings. The highest BCUT2D eigenvalue weighted by Gasteiger charge is 2.17. The Kier molecular flexibility index (Phi) is 6.59. The monoisotopic (exact) mass is 396 g/mol. The molecule has 1 amide bonds. The van der Waals surface area contributed by atoms with Crippen LogP contribution >= 0.6 is 0 Å². The van der Waals surface area contributed by atoms with Gasteiger partial charge in [-0.25, -0.2) is 9.78 Å². The maximum Gasteiger partial charge on any atom is 0.411 e. The topological polar surface area (TPSA) is 79.5 Å². The Morgan fingerprint density at radius 3 is 2.62 bits per heavy atom.